The van der Waals surface area contributed by atoms with Gasteiger partial charge in [0.2, 0.25) is 0 Å². The SMILES string of the molecule is CC(NCc1cccc2c1NCCC2)C(C)(C)C. The summed E-state index contributed by atoms with van der Waals surface area (Å²) in [5.74, 6) is 0. The number of fused-ring (bicyclic) bond motifs is 1. The van der Waals surface area contributed by atoms with Crippen molar-refractivity contribution < 1.29 is 0 Å². The highest BCUT2D eigenvalue weighted by molar-refractivity contribution is 5.59. The zero-order valence-corrected chi connectivity index (χ0v) is 12.1. The molecule has 1 aromatic rings. The Balaban J connectivity index is 2.06. The number of nitrogens with one attached hydrogen (secondary N) is 2. The van der Waals surface area contributed by atoms with Crippen LogP contribution in [-0.4, -0.2) is 12.6 Å². The Hall–Kier alpha value is -1.02. The zero-order valence-electron chi connectivity index (χ0n) is 12.1. The molecule has 0 aliphatic carbocycles. The second-order valence-corrected chi connectivity index (χ2v) is 6.45. The first-order valence-electron chi connectivity index (χ1n) is 7.06. The molecule has 2 rings (SSSR count). The van der Waals surface area contributed by atoms with Gasteiger partial charge in [0, 0.05) is 24.8 Å². The molecule has 1 aromatic carbocycles. The van der Waals surface area contributed by atoms with Crippen molar-refractivity contribution >= 4 is 5.69 Å². The van der Waals surface area contributed by atoms with E-state index < -0.39 is 0 Å². The minimum absolute atomic E-state index is 0.308. The van der Waals surface area contributed by atoms with Crippen LogP contribution in [0, 0.1) is 5.41 Å². The summed E-state index contributed by atoms with van der Waals surface area (Å²) in [6.45, 7) is 11.2. The van der Waals surface area contributed by atoms with Gasteiger partial charge in [-0.2, -0.15) is 0 Å². The van der Waals surface area contributed by atoms with Crippen LogP contribution in [0.2, 0.25) is 0 Å². The van der Waals surface area contributed by atoms with Crippen molar-refractivity contribution in [1.29, 1.82) is 0 Å². The van der Waals surface area contributed by atoms with Crippen molar-refractivity contribution in [2.24, 2.45) is 5.41 Å². The van der Waals surface area contributed by atoms with E-state index in [9.17, 15) is 0 Å². The molecule has 1 aliphatic heterocycles. The Morgan fingerprint density at radius 1 is 1.33 bits per heavy atom. The van der Waals surface area contributed by atoms with E-state index >= 15 is 0 Å². The van der Waals surface area contributed by atoms with Gasteiger partial charge in [-0.1, -0.05) is 39.0 Å². The molecule has 0 spiro atoms. The maximum Gasteiger partial charge on any atom is 0.0418 e. The van der Waals surface area contributed by atoms with Crippen LogP contribution in [0.1, 0.15) is 45.2 Å². The van der Waals surface area contributed by atoms with Crippen LogP contribution in [0.4, 0.5) is 5.69 Å². The van der Waals surface area contributed by atoms with Crippen molar-refractivity contribution in [2.45, 2.75) is 53.1 Å². The molecule has 0 amide bonds. The molecule has 0 radical (unpaired) electrons. The summed E-state index contributed by atoms with van der Waals surface area (Å²) in [6, 6.07) is 7.18. The van der Waals surface area contributed by atoms with Crippen molar-refractivity contribution in [3.8, 4) is 0 Å². The summed E-state index contributed by atoms with van der Waals surface area (Å²) in [7, 11) is 0. The maximum absolute atomic E-state index is 3.65. The van der Waals surface area contributed by atoms with Crippen LogP contribution in [0.3, 0.4) is 0 Å². The average Bonchev–Trinajstić information content (AvgIpc) is 2.34. The average molecular weight is 246 g/mol. The van der Waals surface area contributed by atoms with Crippen LogP contribution >= 0.6 is 0 Å². The molecule has 0 bridgehead atoms. The van der Waals surface area contributed by atoms with E-state index in [1.165, 1.54) is 29.7 Å². The lowest BCUT2D eigenvalue weighted by atomic mass is 9.88. The Bertz CT molecular complexity index is 404. The standard InChI is InChI=1S/C16H26N2/c1-12(16(2,3)4)18-11-14-8-5-7-13-9-6-10-17-15(13)14/h5,7-8,12,17-18H,6,9-11H2,1-4H3. The van der Waals surface area contributed by atoms with Gasteiger partial charge < -0.3 is 10.6 Å². The minimum atomic E-state index is 0.308. The monoisotopic (exact) mass is 246 g/mol. The van der Waals surface area contributed by atoms with Gasteiger partial charge in [0.05, 0.1) is 0 Å². The number of hydrogen-bond donors (Lipinski definition) is 2. The van der Waals surface area contributed by atoms with Crippen LogP contribution in [0.25, 0.3) is 0 Å². The highest BCUT2D eigenvalue weighted by Crippen LogP contribution is 2.26. The van der Waals surface area contributed by atoms with Gasteiger partial charge in [0.15, 0.2) is 0 Å². The molecule has 1 aliphatic rings. The first-order valence-corrected chi connectivity index (χ1v) is 7.06. The quantitative estimate of drug-likeness (QED) is 0.852. The van der Waals surface area contributed by atoms with Gasteiger partial charge in [-0.15, -0.1) is 0 Å². The number of rotatable bonds is 3. The van der Waals surface area contributed by atoms with Crippen molar-refractivity contribution in [3.63, 3.8) is 0 Å². The molecule has 0 fully saturated rings. The second-order valence-electron chi connectivity index (χ2n) is 6.45. The molecule has 1 unspecified atom stereocenters. The first kappa shape index (κ1) is 13.4. The minimum Gasteiger partial charge on any atom is -0.385 e. The Kier molecular flexibility index (Phi) is 3.96. The number of aryl methyl sites for hydroxylation is 1. The fraction of sp³-hybridized carbons (Fsp3) is 0.625. The van der Waals surface area contributed by atoms with Gasteiger partial charge >= 0.3 is 0 Å². The Morgan fingerprint density at radius 3 is 2.83 bits per heavy atom. The van der Waals surface area contributed by atoms with E-state index in [1.807, 2.05) is 0 Å². The lowest BCUT2D eigenvalue weighted by molar-refractivity contribution is 0.285. The Labute approximate surface area is 111 Å². The summed E-state index contributed by atoms with van der Waals surface area (Å²) in [5.41, 5.74) is 4.56. The van der Waals surface area contributed by atoms with E-state index in [0.717, 1.165) is 13.1 Å². The highest BCUT2D eigenvalue weighted by atomic mass is 14.9. The third-order valence-electron chi connectivity index (χ3n) is 4.06. The fourth-order valence-electron chi connectivity index (χ4n) is 2.30. The number of benzene rings is 1. The lowest BCUT2D eigenvalue weighted by Gasteiger charge is -2.29. The largest absolute Gasteiger partial charge is 0.385 e. The van der Waals surface area contributed by atoms with E-state index in [1.54, 1.807) is 0 Å². The summed E-state index contributed by atoms with van der Waals surface area (Å²) < 4.78 is 0. The van der Waals surface area contributed by atoms with E-state index in [0.29, 0.717) is 11.5 Å². The summed E-state index contributed by atoms with van der Waals surface area (Å²) in [5, 5.41) is 7.20. The molecule has 1 atom stereocenters. The maximum atomic E-state index is 3.65. The summed E-state index contributed by atoms with van der Waals surface area (Å²) in [4.78, 5) is 0. The van der Waals surface area contributed by atoms with Gasteiger partial charge in [-0.25, -0.2) is 0 Å². The van der Waals surface area contributed by atoms with Gasteiger partial charge in [-0.05, 0) is 36.3 Å². The van der Waals surface area contributed by atoms with Gasteiger partial charge in [0.1, 0.15) is 0 Å². The van der Waals surface area contributed by atoms with E-state index in [4.69, 9.17) is 0 Å². The van der Waals surface area contributed by atoms with Crippen LogP contribution in [0.5, 0.6) is 0 Å². The third-order valence-corrected chi connectivity index (χ3v) is 4.06. The predicted octanol–water partition coefficient (Wildman–Crippen LogP) is 3.57. The molecule has 2 heteroatoms. The molecule has 0 saturated carbocycles. The van der Waals surface area contributed by atoms with Gasteiger partial charge in [0.25, 0.3) is 0 Å². The highest BCUT2D eigenvalue weighted by Gasteiger charge is 2.20. The topological polar surface area (TPSA) is 24.1 Å². The number of anilines is 1. The third kappa shape index (κ3) is 3.05. The Morgan fingerprint density at radius 2 is 2.11 bits per heavy atom. The molecule has 0 aromatic heterocycles. The molecule has 100 valence electrons. The number of para-hydroxylation sites is 1. The second kappa shape index (κ2) is 5.31. The van der Waals surface area contributed by atoms with Crippen molar-refractivity contribution in [3.05, 3.63) is 29.3 Å². The predicted molar refractivity (Wildman–Crippen MR) is 79.0 cm³/mol. The molecule has 18 heavy (non-hydrogen) atoms. The van der Waals surface area contributed by atoms with Crippen LogP contribution in [-0.2, 0) is 13.0 Å². The molecule has 0 saturated heterocycles. The smallest absolute Gasteiger partial charge is 0.0418 e. The normalized spacial score (nSPS) is 16.9. The molecule has 2 N–H and O–H groups in total. The lowest BCUT2D eigenvalue weighted by Crippen LogP contribution is -2.37. The van der Waals surface area contributed by atoms with Crippen LogP contribution < -0.4 is 10.6 Å². The van der Waals surface area contributed by atoms with E-state index in [-0.39, 0.29) is 0 Å². The molecular weight excluding hydrogens is 220 g/mol. The summed E-state index contributed by atoms with van der Waals surface area (Å²) >= 11 is 0. The van der Waals surface area contributed by atoms with Crippen LogP contribution in [0.15, 0.2) is 18.2 Å². The number of hydrogen-bond acceptors (Lipinski definition) is 2. The molecule has 2 nitrogen and oxygen atoms in total. The molecule has 1 heterocycles. The molecular formula is C16H26N2. The zero-order chi connectivity index (χ0) is 13.2. The van der Waals surface area contributed by atoms with E-state index in [2.05, 4.69) is 56.5 Å². The fourth-order valence-corrected chi connectivity index (χ4v) is 2.30. The van der Waals surface area contributed by atoms with Crippen molar-refractivity contribution in [2.75, 3.05) is 11.9 Å². The van der Waals surface area contributed by atoms with Crippen molar-refractivity contribution in [1.82, 2.24) is 5.32 Å². The van der Waals surface area contributed by atoms with Gasteiger partial charge in [-0.3, -0.25) is 0 Å². The first-order chi connectivity index (χ1) is 8.48. The summed E-state index contributed by atoms with van der Waals surface area (Å²) in [6.07, 6.45) is 2.47.